The van der Waals surface area contributed by atoms with Crippen molar-refractivity contribution in [3.63, 3.8) is 0 Å². The zero-order chi connectivity index (χ0) is 16.9. The molecule has 3 aromatic rings. The number of amides is 2. The number of anilines is 1. The number of urea groups is 1. The van der Waals surface area contributed by atoms with Gasteiger partial charge in [0.25, 0.3) is 0 Å². The average molecular weight is 326 g/mol. The van der Waals surface area contributed by atoms with Gasteiger partial charge in [0.2, 0.25) is 11.7 Å². The molecule has 0 saturated carbocycles. The average Bonchev–Trinajstić information content (AvgIpc) is 3.04. The maximum atomic E-state index is 12.8. The molecule has 0 aliphatic heterocycles. The number of nitrogens with one attached hydrogen (secondary N) is 2. The van der Waals surface area contributed by atoms with E-state index in [9.17, 15) is 9.18 Å². The molecule has 7 heteroatoms. The Kier molecular flexibility index (Phi) is 4.51. The van der Waals surface area contributed by atoms with E-state index < -0.39 is 6.03 Å². The minimum atomic E-state index is -0.447. The number of carbonyl (C=O) groups excluding carboxylic acids is 1. The molecule has 0 aliphatic carbocycles. The lowest BCUT2D eigenvalue weighted by atomic mass is 10.1. The molecule has 2 N–H and O–H groups in total. The van der Waals surface area contributed by atoms with Crippen molar-refractivity contribution in [1.82, 2.24) is 15.5 Å². The lowest BCUT2D eigenvalue weighted by molar-refractivity contribution is 0.249. The van der Waals surface area contributed by atoms with E-state index in [0.29, 0.717) is 17.4 Å². The van der Waals surface area contributed by atoms with Gasteiger partial charge in [-0.15, -0.1) is 0 Å². The van der Waals surface area contributed by atoms with E-state index in [1.807, 2.05) is 31.2 Å². The van der Waals surface area contributed by atoms with Crippen molar-refractivity contribution < 1.29 is 13.7 Å². The van der Waals surface area contributed by atoms with Gasteiger partial charge in [0, 0.05) is 11.3 Å². The zero-order valence-corrected chi connectivity index (χ0v) is 12.9. The van der Waals surface area contributed by atoms with Crippen LogP contribution in [0.5, 0.6) is 0 Å². The molecule has 0 aliphatic rings. The summed E-state index contributed by atoms with van der Waals surface area (Å²) in [7, 11) is 0. The number of carbonyl (C=O) groups is 1. The van der Waals surface area contributed by atoms with Crippen LogP contribution in [-0.2, 0) is 6.54 Å². The van der Waals surface area contributed by atoms with Crippen LogP contribution in [-0.4, -0.2) is 16.2 Å². The van der Waals surface area contributed by atoms with Crippen LogP contribution in [0.1, 0.15) is 11.5 Å². The van der Waals surface area contributed by atoms with Crippen LogP contribution in [0.2, 0.25) is 0 Å². The van der Waals surface area contributed by atoms with Gasteiger partial charge in [-0.05, 0) is 37.3 Å². The molecule has 0 spiro atoms. The Morgan fingerprint density at radius 2 is 2.00 bits per heavy atom. The molecular formula is C17H15FN4O2. The van der Waals surface area contributed by atoms with Gasteiger partial charge >= 0.3 is 6.03 Å². The lowest BCUT2D eigenvalue weighted by Crippen LogP contribution is -2.28. The van der Waals surface area contributed by atoms with Crippen molar-refractivity contribution in [1.29, 1.82) is 0 Å². The fourth-order valence-electron chi connectivity index (χ4n) is 2.09. The number of benzene rings is 2. The minimum Gasteiger partial charge on any atom is -0.337 e. The van der Waals surface area contributed by atoms with Crippen LogP contribution in [0, 0.1) is 12.7 Å². The molecular weight excluding hydrogens is 311 g/mol. The van der Waals surface area contributed by atoms with Crippen LogP contribution < -0.4 is 10.6 Å². The highest BCUT2D eigenvalue weighted by atomic mass is 19.1. The van der Waals surface area contributed by atoms with Gasteiger partial charge < -0.3 is 15.2 Å². The normalized spacial score (nSPS) is 10.4. The summed E-state index contributed by atoms with van der Waals surface area (Å²) < 4.78 is 17.9. The third kappa shape index (κ3) is 3.95. The summed E-state index contributed by atoms with van der Waals surface area (Å²) >= 11 is 0. The van der Waals surface area contributed by atoms with Crippen molar-refractivity contribution >= 4 is 11.7 Å². The fraction of sp³-hybridized carbons (Fsp3) is 0.118. The number of aryl methyl sites for hydroxylation is 1. The second-order valence-corrected chi connectivity index (χ2v) is 5.20. The van der Waals surface area contributed by atoms with Crippen molar-refractivity contribution in [2.75, 3.05) is 5.32 Å². The van der Waals surface area contributed by atoms with Gasteiger partial charge in [0.15, 0.2) is 0 Å². The van der Waals surface area contributed by atoms with Crippen LogP contribution in [0.3, 0.4) is 0 Å². The maximum Gasteiger partial charge on any atom is 0.319 e. The monoisotopic (exact) mass is 326 g/mol. The van der Waals surface area contributed by atoms with Crippen LogP contribution >= 0.6 is 0 Å². The highest BCUT2D eigenvalue weighted by molar-refractivity contribution is 5.89. The number of nitrogens with zero attached hydrogens (tertiary/aromatic N) is 2. The van der Waals surface area contributed by atoms with E-state index >= 15 is 0 Å². The van der Waals surface area contributed by atoms with E-state index in [2.05, 4.69) is 20.8 Å². The number of hydrogen-bond acceptors (Lipinski definition) is 4. The Morgan fingerprint density at radius 1 is 1.21 bits per heavy atom. The Labute approximate surface area is 137 Å². The fourth-order valence-corrected chi connectivity index (χ4v) is 2.09. The standard InChI is InChI=1S/C17H15FN4O2/c1-11-3-2-4-12(9-11)16-21-15(24-22-16)10-19-17(23)20-14-7-5-13(18)6-8-14/h2-9H,10H2,1H3,(H2,19,20,23). The van der Waals surface area contributed by atoms with Gasteiger partial charge in [-0.1, -0.05) is 28.9 Å². The molecule has 6 nitrogen and oxygen atoms in total. The van der Waals surface area contributed by atoms with E-state index in [1.54, 1.807) is 0 Å². The molecule has 2 aromatic carbocycles. The molecule has 1 heterocycles. The smallest absolute Gasteiger partial charge is 0.319 e. The van der Waals surface area contributed by atoms with E-state index in [4.69, 9.17) is 4.52 Å². The van der Waals surface area contributed by atoms with Crippen molar-refractivity contribution in [3.8, 4) is 11.4 Å². The quantitative estimate of drug-likeness (QED) is 0.769. The molecule has 0 bridgehead atoms. The first-order valence-corrected chi connectivity index (χ1v) is 7.30. The minimum absolute atomic E-state index is 0.0891. The van der Waals surface area contributed by atoms with Crippen molar-refractivity contribution in [2.45, 2.75) is 13.5 Å². The molecule has 1 aromatic heterocycles. The lowest BCUT2D eigenvalue weighted by Gasteiger charge is -2.05. The third-order valence-electron chi connectivity index (χ3n) is 3.25. The summed E-state index contributed by atoms with van der Waals surface area (Å²) in [6.45, 7) is 2.07. The Hall–Kier alpha value is -3.22. The Bertz CT molecular complexity index is 846. The molecule has 2 amide bonds. The first-order valence-electron chi connectivity index (χ1n) is 7.30. The predicted octanol–water partition coefficient (Wildman–Crippen LogP) is 3.51. The van der Waals surface area contributed by atoms with Crippen molar-refractivity contribution in [2.24, 2.45) is 0 Å². The van der Waals surface area contributed by atoms with Crippen LogP contribution in [0.15, 0.2) is 53.1 Å². The van der Waals surface area contributed by atoms with Crippen LogP contribution in [0.4, 0.5) is 14.9 Å². The highest BCUT2D eigenvalue weighted by Crippen LogP contribution is 2.16. The molecule has 0 atom stereocenters. The van der Waals surface area contributed by atoms with Gasteiger partial charge in [0.05, 0.1) is 6.54 Å². The molecule has 3 rings (SSSR count). The maximum absolute atomic E-state index is 12.8. The summed E-state index contributed by atoms with van der Waals surface area (Å²) in [5.74, 6) is 0.394. The summed E-state index contributed by atoms with van der Waals surface area (Å²) in [6.07, 6.45) is 0. The first kappa shape index (κ1) is 15.7. The second-order valence-electron chi connectivity index (χ2n) is 5.20. The SMILES string of the molecule is Cc1cccc(-c2noc(CNC(=O)Nc3ccc(F)cc3)n2)c1. The van der Waals surface area contributed by atoms with Gasteiger partial charge in [-0.3, -0.25) is 0 Å². The predicted molar refractivity (Wildman–Crippen MR) is 86.7 cm³/mol. The largest absolute Gasteiger partial charge is 0.337 e. The van der Waals surface area contributed by atoms with E-state index in [-0.39, 0.29) is 12.4 Å². The van der Waals surface area contributed by atoms with E-state index in [1.165, 1.54) is 24.3 Å². The third-order valence-corrected chi connectivity index (χ3v) is 3.25. The van der Waals surface area contributed by atoms with Gasteiger partial charge in [-0.25, -0.2) is 9.18 Å². The molecule has 122 valence electrons. The first-order chi connectivity index (χ1) is 11.6. The second kappa shape index (κ2) is 6.91. The number of halogens is 1. The summed E-state index contributed by atoms with van der Waals surface area (Å²) in [6, 6.07) is 12.7. The number of rotatable bonds is 4. The molecule has 24 heavy (non-hydrogen) atoms. The summed E-state index contributed by atoms with van der Waals surface area (Å²) in [4.78, 5) is 16.0. The van der Waals surface area contributed by atoms with Crippen molar-refractivity contribution in [3.05, 3.63) is 65.8 Å². The van der Waals surface area contributed by atoms with Gasteiger partial charge in [-0.2, -0.15) is 4.98 Å². The Morgan fingerprint density at radius 3 is 2.75 bits per heavy atom. The molecule has 0 radical (unpaired) electrons. The Balaban J connectivity index is 1.57. The highest BCUT2D eigenvalue weighted by Gasteiger charge is 2.10. The topological polar surface area (TPSA) is 80.0 Å². The summed E-state index contributed by atoms with van der Waals surface area (Å²) in [5.41, 5.74) is 2.43. The van der Waals surface area contributed by atoms with E-state index in [0.717, 1.165) is 11.1 Å². The van der Waals surface area contributed by atoms with Crippen LogP contribution in [0.25, 0.3) is 11.4 Å². The zero-order valence-electron chi connectivity index (χ0n) is 12.9. The number of aromatic nitrogens is 2. The molecule has 0 saturated heterocycles. The molecule has 0 unspecified atom stereocenters. The van der Waals surface area contributed by atoms with Gasteiger partial charge in [0.1, 0.15) is 5.82 Å². The number of hydrogen-bond donors (Lipinski definition) is 2. The summed E-state index contributed by atoms with van der Waals surface area (Å²) in [5, 5.41) is 9.08. The molecule has 0 fully saturated rings.